The molecule has 0 rings (SSSR count). The normalized spacial score (nSPS) is 12.1. The van der Waals surface area contributed by atoms with Crippen molar-refractivity contribution in [3.05, 3.63) is 0 Å². The molecule has 0 heterocycles. The molecule has 0 spiro atoms. The molecule has 0 fully saturated rings. The van der Waals surface area contributed by atoms with Crippen LogP contribution in [0.3, 0.4) is 0 Å². The van der Waals surface area contributed by atoms with Gasteiger partial charge in [-0.25, -0.2) is 0 Å². The second-order valence-electron chi connectivity index (χ2n) is 3.18. The van der Waals surface area contributed by atoms with Gasteiger partial charge in [0.15, 0.2) is 0 Å². The van der Waals surface area contributed by atoms with Gasteiger partial charge in [0.25, 0.3) is 0 Å². The maximum atomic E-state index is 11.1. The van der Waals surface area contributed by atoms with Gasteiger partial charge in [-0.2, -0.15) is 0 Å². The molecule has 0 aliphatic carbocycles. The van der Waals surface area contributed by atoms with Crippen molar-refractivity contribution in [3.8, 4) is 0 Å². The van der Waals surface area contributed by atoms with Gasteiger partial charge in [0, 0.05) is 26.0 Å². The number of rotatable bonds is 7. The lowest BCUT2D eigenvalue weighted by molar-refractivity contribution is -0.123. The van der Waals surface area contributed by atoms with Crippen LogP contribution in [0.2, 0.25) is 0 Å². The van der Waals surface area contributed by atoms with Gasteiger partial charge in [0.2, 0.25) is 11.8 Å². The van der Waals surface area contributed by atoms with Crippen LogP contribution in [0.25, 0.3) is 0 Å². The summed E-state index contributed by atoms with van der Waals surface area (Å²) < 4.78 is 4.77. The Labute approximate surface area is 84.0 Å². The van der Waals surface area contributed by atoms with E-state index in [1.807, 2.05) is 0 Å². The molecule has 0 unspecified atom stereocenters. The molecular formula is C9H18N2O3. The summed E-state index contributed by atoms with van der Waals surface area (Å²) in [6.07, 6.45) is 0.821. The molecule has 0 radical (unpaired) electrons. The lowest BCUT2D eigenvalue weighted by atomic mass is 10.1. The molecule has 1 atom stereocenters. The van der Waals surface area contributed by atoms with E-state index in [0.29, 0.717) is 26.0 Å². The topological polar surface area (TPSA) is 81.4 Å². The lowest BCUT2D eigenvalue weighted by Gasteiger charge is -2.07. The Kier molecular flexibility index (Phi) is 6.74. The highest BCUT2D eigenvalue weighted by Crippen LogP contribution is 2.03. The van der Waals surface area contributed by atoms with Gasteiger partial charge in [-0.05, 0) is 6.42 Å². The van der Waals surface area contributed by atoms with Gasteiger partial charge < -0.3 is 15.8 Å². The zero-order chi connectivity index (χ0) is 11.0. The average Bonchev–Trinajstić information content (AvgIpc) is 2.14. The monoisotopic (exact) mass is 202 g/mol. The molecule has 3 N–H and O–H groups in total. The number of nitrogens with one attached hydrogen (secondary N) is 1. The predicted octanol–water partition coefficient (Wildman–Crippen LogP) is -0.349. The number of hydrogen-bond acceptors (Lipinski definition) is 3. The first-order chi connectivity index (χ1) is 6.57. The molecule has 2 amide bonds. The SMILES string of the molecule is COCCNC(=O)CC[C@H](C)C(N)=O. The van der Waals surface area contributed by atoms with E-state index in [4.69, 9.17) is 10.5 Å². The second-order valence-corrected chi connectivity index (χ2v) is 3.18. The standard InChI is InChI=1S/C9H18N2O3/c1-7(9(10)13)3-4-8(12)11-5-6-14-2/h7H,3-6H2,1-2H3,(H2,10,13)(H,11,12)/t7-/m0/s1. The van der Waals surface area contributed by atoms with Crippen LogP contribution in [0, 0.1) is 5.92 Å². The molecule has 0 aromatic carbocycles. The molecule has 0 aliphatic heterocycles. The fourth-order valence-electron chi connectivity index (χ4n) is 0.871. The first kappa shape index (κ1) is 12.9. The lowest BCUT2D eigenvalue weighted by Crippen LogP contribution is -2.28. The first-order valence-electron chi connectivity index (χ1n) is 4.63. The van der Waals surface area contributed by atoms with Crippen LogP contribution in [0.15, 0.2) is 0 Å². The predicted molar refractivity (Wildman–Crippen MR) is 52.5 cm³/mol. The fraction of sp³-hybridized carbons (Fsp3) is 0.778. The van der Waals surface area contributed by atoms with E-state index >= 15 is 0 Å². The van der Waals surface area contributed by atoms with Gasteiger partial charge >= 0.3 is 0 Å². The zero-order valence-electron chi connectivity index (χ0n) is 8.71. The van der Waals surface area contributed by atoms with Crippen molar-refractivity contribution in [1.29, 1.82) is 0 Å². The van der Waals surface area contributed by atoms with Crippen LogP contribution >= 0.6 is 0 Å². The number of nitrogens with two attached hydrogens (primary N) is 1. The van der Waals surface area contributed by atoms with Crippen molar-refractivity contribution in [2.75, 3.05) is 20.3 Å². The van der Waals surface area contributed by atoms with Gasteiger partial charge in [-0.15, -0.1) is 0 Å². The molecule has 0 saturated carbocycles. The molecule has 5 heteroatoms. The average molecular weight is 202 g/mol. The van der Waals surface area contributed by atoms with E-state index in [0.717, 1.165) is 0 Å². The van der Waals surface area contributed by atoms with Gasteiger partial charge in [-0.3, -0.25) is 9.59 Å². The highest BCUT2D eigenvalue weighted by atomic mass is 16.5. The summed E-state index contributed by atoms with van der Waals surface area (Å²) in [5, 5.41) is 2.66. The highest BCUT2D eigenvalue weighted by molar-refractivity contribution is 5.79. The van der Waals surface area contributed by atoms with E-state index in [1.165, 1.54) is 0 Å². The van der Waals surface area contributed by atoms with Crippen LogP contribution in [0.1, 0.15) is 19.8 Å². The molecule has 82 valence electrons. The Hall–Kier alpha value is -1.10. The first-order valence-corrected chi connectivity index (χ1v) is 4.63. The van der Waals surface area contributed by atoms with Crippen LogP contribution < -0.4 is 11.1 Å². The van der Waals surface area contributed by atoms with Crippen molar-refractivity contribution >= 4 is 11.8 Å². The summed E-state index contributed by atoms with van der Waals surface area (Å²) in [5.74, 6) is -0.687. The van der Waals surface area contributed by atoms with E-state index in [2.05, 4.69) is 5.32 Å². The molecule has 5 nitrogen and oxygen atoms in total. The van der Waals surface area contributed by atoms with E-state index in [9.17, 15) is 9.59 Å². The minimum atomic E-state index is -0.366. The van der Waals surface area contributed by atoms with Gasteiger partial charge in [0.05, 0.1) is 6.61 Å². The van der Waals surface area contributed by atoms with Gasteiger partial charge in [-0.1, -0.05) is 6.92 Å². The van der Waals surface area contributed by atoms with Gasteiger partial charge in [0.1, 0.15) is 0 Å². The minimum absolute atomic E-state index is 0.0739. The third-order valence-electron chi connectivity index (χ3n) is 1.92. The summed E-state index contributed by atoms with van der Waals surface area (Å²) in [6, 6.07) is 0. The highest BCUT2D eigenvalue weighted by Gasteiger charge is 2.10. The summed E-state index contributed by atoms with van der Waals surface area (Å²) in [7, 11) is 1.57. The van der Waals surface area contributed by atoms with Crippen molar-refractivity contribution in [3.63, 3.8) is 0 Å². The summed E-state index contributed by atoms with van der Waals surface area (Å²) in [6.45, 7) is 2.71. The molecule has 0 bridgehead atoms. The maximum Gasteiger partial charge on any atom is 0.220 e. The Balaban J connectivity index is 3.48. The number of carbonyl (C=O) groups is 2. The van der Waals surface area contributed by atoms with Crippen LogP contribution in [-0.4, -0.2) is 32.1 Å². The Bertz CT molecular complexity index is 194. The second kappa shape index (κ2) is 7.32. The largest absolute Gasteiger partial charge is 0.383 e. The number of primary amides is 1. The molecule has 0 aliphatic rings. The fourth-order valence-corrected chi connectivity index (χ4v) is 0.871. The minimum Gasteiger partial charge on any atom is -0.383 e. The number of methoxy groups -OCH3 is 1. The third-order valence-corrected chi connectivity index (χ3v) is 1.92. The number of ether oxygens (including phenoxy) is 1. The van der Waals surface area contributed by atoms with Crippen molar-refractivity contribution in [2.45, 2.75) is 19.8 Å². The summed E-state index contributed by atoms with van der Waals surface area (Å²) in [5.41, 5.74) is 5.05. The molecule has 0 aromatic rings. The molecule has 14 heavy (non-hydrogen) atoms. The zero-order valence-corrected chi connectivity index (χ0v) is 8.71. The Morgan fingerprint density at radius 1 is 1.50 bits per heavy atom. The van der Waals surface area contributed by atoms with Crippen LogP contribution in [-0.2, 0) is 14.3 Å². The van der Waals surface area contributed by atoms with Crippen molar-refractivity contribution in [1.82, 2.24) is 5.32 Å². The van der Waals surface area contributed by atoms with E-state index in [1.54, 1.807) is 14.0 Å². The van der Waals surface area contributed by atoms with Crippen molar-refractivity contribution < 1.29 is 14.3 Å². The number of carbonyl (C=O) groups excluding carboxylic acids is 2. The Morgan fingerprint density at radius 2 is 2.14 bits per heavy atom. The quantitative estimate of drug-likeness (QED) is 0.554. The van der Waals surface area contributed by atoms with Crippen molar-refractivity contribution in [2.24, 2.45) is 11.7 Å². The Morgan fingerprint density at radius 3 is 2.64 bits per heavy atom. The van der Waals surface area contributed by atoms with E-state index < -0.39 is 0 Å². The molecule has 0 aromatic heterocycles. The summed E-state index contributed by atoms with van der Waals surface area (Å²) in [4.78, 5) is 21.8. The maximum absolute atomic E-state index is 11.1. The smallest absolute Gasteiger partial charge is 0.220 e. The number of amides is 2. The van der Waals surface area contributed by atoms with Crippen LogP contribution in [0.4, 0.5) is 0 Å². The molecule has 0 saturated heterocycles. The van der Waals surface area contributed by atoms with Crippen LogP contribution in [0.5, 0.6) is 0 Å². The molecular weight excluding hydrogens is 184 g/mol. The summed E-state index contributed by atoms with van der Waals surface area (Å²) >= 11 is 0. The van der Waals surface area contributed by atoms with E-state index in [-0.39, 0.29) is 17.7 Å². The number of hydrogen-bond donors (Lipinski definition) is 2. The third kappa shape index (κ3) is 6.42.